The number of nitrogens with one attached hydrogen (secondary N) is 1. The highest BCUT2D eigenvalue weighted by Crippen LogP contribution is 2.34. The molecule has 1 aliphatic heterocycles. The molecule has 6 heteroatoms. The Kier molecular flexibility index (Phi) is 4.17. The molecular weight excluding hydrogens is 394 g/mol. The second-order valence-electron chi connectivity index (χ2n) is 6.20. The Morgan fingerprint density at radius 2 is 2.19 bits per heavy atom. The normalized spacial score (nSPS) is 12.9. The van der Waals surface area contributed by atoms with Crippen molar-refractivity contribution < 1.29 is 9.53 Å². The van der Waals surface area contributed by atoms with Gasteiger partial charge in [-0.3, -0.25) is 4.79 Å². The first kappa shape index (κ1) is 16.7. The van der Waals surface area contributed by atoms with Crippen molar-refractivity contribution in [2.75, 3.05) is 18.6 Å². The number of fused-ring (bicyclic) bond motifs is 2. The monoisotopic (exact) mass is 409 g/mol. The number of hydrogen-bond acceptors (Lipinski definition) is 3. The van der Waals surface area contributed by atoms with E-state index >= 15 is 0 Å². The number of hydrogen-bond donors (Lipinski definition) is 1. The first-order chi connectivity index (χ1) is 12.6. The van der Waals surface area contributed by atoms with Crippen molar-refractivity contribution in [2.45, 2.75) is 12.8 Å². The highest BCUT2D eigenvalue weighted by atomic mass is 79.9. The van der Waals surface area contributed by atoms with Crippen LogP contribution in [0.5, 0.6) is 5.75 Å². The van der Waals surface area contributed by atoms with Gasteiger partial charge in [0.1, 0.15) is 11.4 Å². The molecule has 5 nitrogen and oxygen atoms in total. The van der Waals surface area contributed by atoms with Gasteiger partial charge >= 0.3 is 0 Å². The van der Waals surface area contributed by atoms with E-state index in [2.05, 4.69) is 33.0 Å². The molecule has 0 saturated heterocycles. The molecule has 0 unspecified atom stereocenters. The van der Waals surface area contributed by atoms with Crippen LogP contribution >= 0.6 is 15.9 Å². The van der Waals surface area contributed by atoms with Crippen molar-refractivity contribution in [3.8, 4) is 11.8 Å². The fourth-order valence-electron chi connectivity index (χ4n) is 3.52. The standard InChI is InChI=1S/C20H16BrN3O2/c1-26-14-3-4-17-16(11-14)15(6-8-22)19(23-17)20(25)24-9-7-12-10-13(21)2-5-18(12)24/h2-5,10-11,23H,6-7,9H2,1H3. The molecule has 0 bridgehead atoms. The number of aromatic nitrogens is 1. The lowest BCUT2D eigenvalue weighted by Gasteiger charge is -2.17. The highest BCUT2D eigenvalue weighted by molar-refractivity contribution is 9.10. The van der Waals surface area contributed by atoms with Crippen LogP contribution in [0.4, 0.5) is 5.69 Å². The molecule has 26 heavy (non-hydrogen) atoms. The minimum absolute atomic E-state index is 0.105. The molecule has 2 aromatic carbocycles. The van der Waals surface area contributed by atoms with Crippen molar-refractivity contribution in [3.05, 3.63) is 57.7 Å². The van der Waals surface area contributed by atoms with Gasteiger partial charge < -0.3 is 14.6 Å². The van der Waals surface area contributed by atoms with Crippen molar-refractivity contribution in [3.63, 3.8) is 0 Å². The van der Waals surface area contributed by atoms with E-state index in [1.807, 2.05) is 30.3 Å². The number of ether oxygens (including phenoxy) is 1. The molecule has 0 fully saturated rings. The minimum atomic E-state index is -0.105. The zero-order valence-electron chi connectivity index (χ0n) is 14.2. The van der Waals surface area contributed by atoms with Crippen LogP contribution < -0.4 is 9.64 Å². The third kappa shape index (κ3) is 2.65. The number of halogens is 1. The molecule has 0 spiro atoms. The van der Waals surface area contributed by atoms with Crippen molar-refractivity contribution in [1.82, 2.24) is 4.98 Å². The van der Waals surface area contributed by atoms with Gasteiger partial charge in [0, 0.05) is 33.2 Å². The van der Waals surface area contributed by atoms with Crippen LogP contribution in [0.2, 0.25) is 0 Å². The Morgan fingerprint density at radius 3 is 2.96 bits per heavy atom. The molecule has 130 valence electrons. The summed E-state index contributed by atoms with van der Waals surface area (Å²) in [5.74, 6) is 0.595. The topological polar surface area (TPSA) is 69.1 Å². The van der Waals surface area contributed by atoms with Crippen LogP contribution in [0.15, 0.2) is 40.9 Å². The number of nitriles is 1. The summed E-state index contributed by atoms with van der Waals surface area (Å²) in [5, 5.41) is 10.1. The molecule has 1 N–H and O–H groups in total. The van der Waals surface area contributed by atoms with Crippen LogP contribution in [0.1, 0.15) is 21.6 Å². The molecule has 1 amide bonds. The molecule has 0 radical (unpaired) electrons. The van der Waals surface area contributed by atoms with Crippen LogP contribution in [0.25, 0.3) is 10.9 Å². The number of aromatic amines is 1. The van der Waals surface area contributed by atoms with E-state index in [1.54, 1.807) is 12.0 Å². The molecule has 2 heterocycles. The maximum atomic E-state index is 13.3. The Bertz CT molecular complexity index is 1060. The Hall–Kier alpha value is -2.78. The molecule has 4 rings (SSSR count). The Morgan fingerprint density at radius 1 is 1.35 bits per heavy atom. The fraction of sp³-hybridized carbons (Fsp3) is 0.200. The molecule has 1 aromatic heterocycles. The number of nitrogens with zero attached hydrogens (tertiary/aromatic N) is 2. The third-order valence-corrected chi connectivity index (χ3v) is 5.26. The second-order valence-corrected chi connectivity index (χ2v) is 7.12. The van der Waals surface area contributed by atoms with E-state index in [0.29, 0.717) is 18.0 Å². The number of benzene rings is 2. The van der Waals surface area contributed by atoms with E-state index in [1.165, 1.54) is 0 Å². The van der Waals surface area contributed by atoms with Crippen molar-refractivity contribution in [2.24, 2.45) is 0 Å². The molecule has 0 saturated carbocycles. The van der Waals surface area contributed by atoms with E-state index in [4.69, 9.17) is 4.74 Å². The number of amides is 1. The summed E-state index contributed by atoms with van der Waals surface area (Å²) in [7, 11) is 1.60. The van der Waals surface area contributed by atoms with E-state index in [9.17, 15) is 10.1 Å². The fourth-order valence-corrected chi connectivity index (χ4v) is 3.92. The number of carbonyl (C=O) groups is 1. The van der Waals surface area contributed by atoms with Gasteiger partial charge in [0.05, 0.1) is 19.6 Å². The predicted octanol–water partition coefficient (Wildman–Crippen LogP) is 4.21. The number of rotatable bonds is 3. The van der Waals surface area contributed by atoms with Gasteiger partial charge in [0.2, 0.25) is 0 Å². The average molecular weight is 410 g/mol. The van der Waals surface area contributed by atoms with Crippen LogP contribution in [0.3, 0.4) is 0 Å². The maximum Gasteiger partial charge on any atom is 0.275 e. The van der Waals surface area contributed by atoms with Gasteiger partial charge in [0.25, 0.3) is 5.91 Å². The summed E-state index contributed by atoms with van der Waals surface area (Å²) in [6.45, 7) is 0.634. The second kappa shape index (κ2) is 6.50. The Balaban J connectivity index is 1.81. The number of carbonyl (C=O) groups excluding carboxylic acids is 1. The summed E-state index contributed by atoms with van der Waals surface area (Å²) in [6.07, 6.45) is 0.984. The zero-order valence-corrected chi connectivity index (χ0v) is 15.8. The summed E-state index contributed by atoms with van der Waals surface area (Å²) in [5.41, 5.74) is 4.10. The maximum absolute atomic E-state index is 13.3. The number of H-pyrrole nitrogens is 1. The van der Waals surface area contributed by atoms with Gasteiger partial charge in [0.15, 0.2) is 0 Å². The number of anilines is 1. The first-order valence-corrected chi connectivity index (χ1v) is 9.07. The summed E-state index contributed by atoms with van der Waals surface area (Å²) < 4.78 is 6.29. The van der Waals surface area contributed by atoms with Crippen LogP contribution in [-0.4, -0.2) is 24.5 Å². The zero-order chi connectivity index (χ0) is 18.3. The molecular formula is C20H16BrN3O2. The van der Waals surface area contributed by atoms with Gasteiger partial charge in [-0.05, 0) is 48.4 Å². The van der Waals surface area contributed by atoms with Crippen LogP contribution in [0, 0.1) is 11.3 Å². The van der Waals surface area contributed by atoms with Gasteiger partial charge in [-0.15, -0.1) is 0 Å². The van der Waals surface area contributed by atoms with Crippen molar-refractivity contribution >= 4 is 38.4 Å². The largest absolute Gasteiger partial charge is 0.497 e. The highest BCUT2D eigenvalue weighted by Gasteiger charge is 2.29. The van der Waals surface area contributed by atoms with Gasteiger partial charge in [-0.1, -0.05) is 15.9 Å². The van der Waals surface area contributed by atoms with E-state index in [0.717, 1.165) is 38.6 Å². The lowest BCUT2D eigenvalue weighted by Crippen LogP contribution is -2.29. The molecule has 3 aromatic rings. The summed E-state index contributed by atoms with van der Waals surface area (Å²) in [4.78, 5) is 18.3. The smallest absolute Gasteiger partial charge is 0.275 e. The molecule has 1 aliphatic rings. The van der Waals surface area contributed by atoms with Gasteiger partial charge in [-0.2, -0.15) is 5.26 Å². The average Bonchev–Trinajstić information content (AvgIpc) is 3.22. The summed E-state index contributed by atoms with van der Waals surface area (Å²) in [6, 6.07) is 13.7. The summed E-state index contributed by atoms with van der Waals surface area (Å²) >= 11 is 3.48. The third-order valence-electron chi connectivity index (χ3n) is 4.77. The molecule has 0 atom stereocenters. The van der Waals surface area contributed by atoms with Gasteiger partial charge in [-0.25, -0.2) is 0 Å². The lowest BCUT2D eigenvalue weighted by atomic mass is 10.1. The van der Waals surface area contributed by atoms with Crippen LogP contribution in [-0.2, 0) is 12.8 Å². The predicted molar refractivity (Wildman–Crippen MR) is 104 cm³/mol. The minimum Gasteiger partial charge on any atom is -0.497 e. The molecule has 0 aliphatic carbocycles. The number of methoxy groups -OCH3 is 1. The van der Waals surface area contributed by atoms with E-state index in [-0.39, 0.29) is 12.3 Å². The Labute approximate surface area is 159 Å². The van der Waals surface area contributed by atoms with E-state index < -0.39 is 0 Å². The SMILES string of the molecule is COc1ccc2[nH]c(C(=O)N3CCc4cc(Br)ccc43)c(CC#N)c2c1. The first-order valence-electron chi connectivity index (χ1n) is 8.28. The van der Waals surface area contributed by atoms with Crippen molar-refractivity contribution in [1.29, 1.82) is 5.26 Å². The quantitative estimate of drug-likeness (QED) is 0.704. The lowest BCUT2D eigenvalue weighted by molar-refractivity contribution is 0.0984.